The molecule has 3 aromatic rings. The molecule has 1 heterocycles. The molecule has 0 spiro atoms. The van der Waals surface area contributed by atoms with Gasteiger partial charge in [0, 0.05) is 18.0 Å². The second-order valence-electron chi connectivity index (χ2n) is 5.18. The normalized spacial score (nSPS) is 9.72. The fourth-order valence-corrected chi connectivity index (χ4v) is 2.40. The van der Waals surface area contributed by atoms with E-state index in [9.17, 15) is 10.1 Å². The number of esters is 1. The van der Waals surface area contributed by atoms with Crippen molar-refractivity contribution in [3.05, 3.63) is 108 Å². The van der Waals surface area contributed by atoms with Gasteiger partial charge in [0.2, 0.25) is 5.76 Å². The van der Waals surface area contributed by atoms with E-state index in [0.29, 0.717) is 5.57 Å². The van der Waals surface area contributed by atoms with Crippen molar-refractivity contribution in [3.63, 3.8) is 0 Å². The number of allylic oxidation sites excluding steroid dienone is 1. The van der Waals surface area contributed by atoms with Gasteiger partial charge in [0.15, 0.2) is 0 Å². The van der Waals surface area contributed by atoms with Gasteiger partial charge in [-0.05, 0) is 23.3 Å². The smallest absolute Gasteiger partial charge is 0.345 e. The number of nitriles is 1. The maximum absolute atomic E-state index is 12.3. The van der Waals surface area contributed by atoms with Crippen LogP contribution in [0.25, 0.3) is 5.57 Å². The maximum atomic E-state index is 12.3. The molecule has 0 bridgehead atoms. The Bertz CT molecular complexity index is 886. The Balaban J connectivity index is 2.08. The van der Waals surface area contributed by atoms with Crippen LogP contribution in [0.4, 0.5) is 0 Å². The maximum Gasteiger partial charge on any atom is 0.345 e. The first-order valence-corrected chi connectivity index (χ1v) is 7.67. The van der Waals surface area contributed by atoms with Crippen LogP contribution in [0.3, 0.4) is 0 Å². The van der Waals surface area contributed by atoms with E-state index in [-0.39, 0.29) is 11.3 Å². The molecule has 0 aliphatic heterocycles. The Labute approximate surface area is 145 Å². The van der Waals surface area contributed by atoms with E-state index in [1.807, 2.05) is 66.7 Å². The molecule has 0 unspecified atom stereocenters. The predicted molar refractivity (Wildman–Crippen MR) is 94.2 cm³/mol. The molecule has 0 N–H and O–H groups in total. The van der Waals surface area contributed by atoms with Crippen molar-refractivity contribution in [2.75, 3.05) is 0 Å². The van der Waals surface area contributed by atoms with Crippen molar-refractivity contribution in [1.29, 1.82) is 5.26 Å². The molecule has 0 aliphatic rings. The number of carbonyl (C=O) groups is 1. The number of rotatable bonds is 4. The van der Waals surface area contributed by atoms with Gasteiger partial charge in [0.05, 0.1) is 5.56 Å². The number of hydrogen-bond acceptors (Lipinski definition) is 4. The van der Waals surface area contributed by atoms with Crippen molar-refractivity contribution >= 4 is 11.5 Å². The van der Waals surface area contributed by atoms with E-state index in [4.69, 9.17) is 4.74 Å². The molecule has 2 aromatic carbocycles. The molecule has 0 aliphatic carbocycles. The number of pyridine rings is 1. The first kappa shape index (κ1) is 16.2. The van der Waals surface area contributed by atoms with Gasteiger partial charge in [-0.1, -0.05) is 60.7 Å². The Morgan fingerprint density at radius 1 is 0.840 bits per heavy atom. The third-order valence-electron chi connectivity index (χ3n) is 3.55. The molecule has 0 saturated heterocycles. The molecule has 120 valence electrons. The lowest BCUT2D eigenvalue weighted by molar-refractivity contribution is 0.0641. The summed E-state index contributed by atoms with van der Waals surface area (Å²) in [6.07, 6.45) is 2.97. The summed E-state index contributed by atoms with van der Waals surface area (Å²) in [7, 11) is 0. The van der Waals surface area contributed by atoms with Gasteiger partial charge >= 0.3 is 5.97 Å². The topological polar surface area (TPSA) is 63.0 Å². The average Bonchev–Trinajstić information content (AvgIpc) is 2.69. The molecule has 0 fully saturated rings. The lowest BCUT2D eigenvalue weighted by Gasteiger charge is -2.11. The number of benzene rings is 2. The van der Waals surface area contributed by atoms with Crippen molar-refractivity contribution in [2.45, 2.75) is 0 Å². The third kappa shape index (κ3) is 3.80. The van der Waals surface area contributed by atoms with E-state index in [0.717, 1.165) is 11.1 Å². The molecule has 0 radical (unpaired) electrons. The van der Waals surface area contributed by atoms with Crippen molar-refractivity contribution in [3.8, 4) is 6.07 Å². The highest BCUT2D eigenvalue weighted by molar-refractivity contribution is 5.92. The number of ether oxygens (including phenoxy) is 1. The summed E-state index contributed by atoms with van der Waals surface area (Å²) >= 11 is 0. The summed E-state index contributed by atoms with van der Waals surface area (Å²) in [5.74, 6) is -0.666. The monoisotopic (exact) mass is 326 g/mol. The standard InChI is InChI=1S/C21H14N2O2/c22-14-19(25-21(24)18-12-7-13-23-15-18)20(16-8-3-1-4-9-16)17-10-5-2-6-11-17/h1-13,15H. The second-order valence-corrected chi connectivity index (χ2v) is 5.18. The lowest BCUT2D eigenvalue weighted by Crippen LogP contribution is -2.07. The lowest BCUT2D eigenvalue weighted by atomic mass is 9.97. The zero-order valence-corrected chi connectivity index (χ0v) is 13.3. The summed E-state index contributed by atoms with van der Waals surface area (Å²) in [5, 5.41) is 9.61. The second kappa shape index (κ2) is 7.71. The Morgan fingerprint density at radius 3 is 1.88 bits per heavy atom. The number of nitrogens with zero attached hydrogens (tertiary/aromatic N) is 2. The quantitative estimate of drug-likeness (QED) is 0.409. The van der Waals surface area contributed by atoms with Crippen molar-refractivity contribution in [1.82, 2.24) is 4.98 Å². The summed E-state index contributed by atoms with van der Waals surface area (Å²) in [4.78, 5) is 16.2. The van der Waals surface area contributed by atoms with Gasteiger partial charge in [-0.2, -0.15) is 5.26 Å². The molecule has 3 rings (SSSR count). The number of carbonyl (C=O) groups excluding carboxylic acids is 1. The Morgan fingerprint density at radius 2 is 1.40 bits per heavy atom. The van der Waals surface area contributed by atoms with E-state index in [1.165, 1.54) is 6.20 Å². The van der Waals surface area contributed by atoms with Crippen molar-refractivity contribution in [2.24, 2.45) is 0 Å². The molecule has 0 saturated carbocycles. The summed E-state index contributed by atoms with van der Waals surface area (Å²) in [6.45, 7) is 0. The van der Waals surface area contributed by atoms with Crippen LogP contribution in [0.5, 0.6) is 0 Å². The van der Waals surface area contributed by atoms with Crippen LogP contribution in [0.1, 0.15) is 21.5 Å². The van der Waals surface area contributed by atoms with Crippen LogP contribution in [0.15, 0.2) is 90.9 Å². The van der Waals surface area contributed by atoms with Gasteiger partial charge in [-0.3, -0.25) is 4.98 Å². The highest BCUT2D eigenvalue weighted by Gasteiger charge is 2.17. The Kier molecular flexibility index (Phi) is 4.98. The molecule has 25 heavy (non-hydrogen) atoms. The van der Waals surface area contributed by atoms with Crippen LogP contribution in [0, 0.1) is 11.3 Å². The summed E-state index contributed by atoms with van der Waals surface area (Å²) < 4.78 is 5.40. The van der Waals surface area contributed by atoms with Gasteiger partial charge < -0.3 is 4.74 Å². The molecular formula is C21H14N2O2. The zero-order chi connectivity index (χ0) is 17.5. The van der Waals surface area contributed by atoms with E-state index >= 15 is 0 Å². The van der Waals surface area contributed by atoms with Gasteiger partial charge in [0.1, 0.15) is 6.07 Å². The number of aromatic nitrogens is 1. The zero-order valence-electron chi connectivity index (χ0n) is 13.3. The van der Waals surface area contributed by atoms with E-state index in [1.54, 1.807) is 18.3 Å². The minimum atomic E-state index is -0.617. The van der Waals surface area contributed by atoms with Crippen LogP contribution in [-0.2, 0) is 4.74 Å². The first-order chi connectivity index (χ1) is 12.3. The Hall–Kier alpha value is -3.71. The first-order valence-electron chi connectivity index (χ1n) is 7.67. The molecular weight excluding hydrogens is 312 g/mol. The van der Waals surface area contributed by atoms with Crippen LogP contribution >= 0.6 is 0 Å². The fourth-order valence-electron chi connectivity index (χ4n) is 2.40. The molecule has 4 nitrogen and oxygen atoms in total. The molecule has 4 heteroatoms. The van der Waals surface area contributed by atoms with E-state index in [2.05, 4.69) is 4.98 Å². The SMILES string of the molecule is N#CC(OC(=O)c1cccnc1)=C(c1ccccc1)c1ccccc1. The average molecular weight is 326 g/mol. The fraction of sp³-hybridized carbons (Fsp3) is 0. The third-order valence-corrected chi connectivity index (χ3v) is 3.55. The largest absolute Gasteiger partial charge is 0.411 e. The molecule has 0 atom stereocenters. The minimum absolute atomic E-state index is 0.0498. The van der Waals surface area contributed by atoms with Gasteiger partial charge in [-0.25, -0.2) is 4.79 Å². The van der Waals surface area contributed by atoms with Gasteiger partial charge in [0.25, 0.3) is 0 Å². The number of hydrogen-bond donors (Lipinski definition) is 0. The highest BCUT2D eigenvalue weighted by atomic mass is 16.5. The molecule has 1 aromatic heterocycles. The van der Waals surface area contributed by atoms with Crippen LogP contribution in [-0.4, -0.2) is 11.0 Å². The highest BCUT2D eigenvalue weighted by Crippen LogP contribution is 2.27. The van der Waals surface area contributed by atoms with E-state index < -0.39 is 5.97 Å². The van der Waals surface area contributed by atoms with Gasteiger partial charge in [-0.15, -0.1) is 0 Å². The summed E-state index contributed by atoms with van der Waals surface area (Å²) in [5.41, 5.74) is 2.45. The summed E-state index contributed by atoms with van der Waals surface area (Å²) in [6, 6.07) is 24.0. The predicted octanol–water partition coefficient (Wildman–Crippen LogP) is 4.22. The molecule has 0 amide bonds. The minimum Gasteiger partial charge on any atom is -0.411 e. The van der Waals surface area contributed by atoms with Crippen LogP contribution in [0.2, 0.25) is 0 Å². The van der Waals surface area contributed by atoms with Crippen LogP contribution < -0.4 is 0 Å². The van der Waals surface area contributed by atoms with Crippen molar-refractivity contribution < 1.29 is 9.53 Å².